The number of nitrogens with zero attached hydrogens (tertiary/aromatic N) is 1. The van der Waals surface area contributed by atoms with Crippen LogP contribution >= 0.6 is 0 Å². The molecule has 112 valence electrons. The molecule has 0 spiro atoms. The van der Waals surface area contributed by atoms with Crippen molar-refractivity contribution in [2.45, 2.75) is 26.4 Å². The molecule has 0 saturated heterocycles. The Morgan fingerprint density at radius 1 is 1.40 bits per heavy atom. The number of anilines is 1. The van der Waals surface area contributed by atoms with Gasteiger partial charge in [0.25, 0.3) is 0 Å². The number of para-hydroxylation sites is 1. The van der Waals surface area contributed by atoms with Crippen molar-refractivity contribution in [2.75, 3.05) is 32.5 Å². The van der Waals surface area contributed by atoms with Crippen molar-refractivity contribution in [3.63, 3.8) is 0 Å². The number of nitrogens with two attached hydrogens (primary N) is 1. The zero-order valence-electron chi connectivity index (χ0n) is 12.6. The molecule has 0 unspecified atom stereocenters. The number of rotatable bonds is 8. The van der Waals surface area contributed by atoms with Gasteiger partial charge in [0.15, 0.2) is 0 Å². The third-order valence-corrected chi connectivity index (χ3v) is 3.13. The molecular weight excluding hydrogens is 254 g/mol. The van der Waals surface area contributed by atoms with Gasteiger partial charge < -0.3 is 15.8 Å². The molecule has 1 aromatic carbocycles. The Bertz CT molecular complexity index is 421. The van der Waals surface area contributed by atoms with E-state index in [0.29, 0.717) is 26.2 Å². The Kier molecular flexibility index (Phi) is 7.04. The van der Waals surface area contributed by atoms with E-state index in [9.17, 15) is 4.79 Å². The number of nitrogens with one attached hydrogen (secondary N) is 1. The number of carbonyl (C=O) groups is 1. The van der Waals surface area contributed by atoms with Crippen LogP contribution in [0.15, 0.2) is 24.3 Å². The second-order valence-corrected chi connectivity index (χ2v) is 5.04. The summed E-state index contributed by atoms with van der Waals surface area (Å²) in [4.78, 5) is 14.0. The first-order valence-electron chi connectivity index (χ1n) is 6.87. The normalized spacial score (nSPS) is 11.1. The Morgan fingerprint density at radius 2 is 2.10 bits per heavy atom. The number of hydrogen-bond acceptors (Lipinski definition) is 4. The number of methoxy groups -OCH3 is 1. The second kappa shape index (κ2) is 8.55. The summed E-state index contributed by atoms with van der Waals surface area (Å²) in [5, 5.41) is 2.83. The zero-order chi connectivity index (χ0) is 15.0. The molecule has 0 fully saturated rings. The third-order valence-electron chi connectivity index (χ3n) is 3.13. The van der Waals surface area contributed by atoms with Crippen molar-refractivity contribution in [2.24, 2.45) is 0 Å². The maximum Gasteiger partial charge on any atom is 0.234 e. The highest BCUT2D eigenvalue weighted by Gasteiger charge is 2.15. The first kappa shape index (κ1) is 16.5. The van der Waals surface area contributed by atoms with Gasteiger partial charge in [-0.2, -0.15) is 0 Å². The van der Waals surface area contributed by atoms with Crippen LogP contribution in [0.1, 0.15) is 19.4 Å². The summed E-state index contributed by atoms with van der Waals surface area (Å²) in [6.45, 7) is 6.23. The van der Waals surface area contributed by atoms with Crippen molar-refractivity contribution in [1.82, 2.24) is 10.2 Å². The quantitative estimate of drug-likeness (QED) is 0.555. The van der Waals surface area contributed by atoms with Gasteiger partial charge in [0, 0.05) is 31.9 Å². The molecule has 0 aliphatic carbocycles. The maximum absolute atomic E-state index is 11.9. The predicted octanol–water partition coefficient (Wildman–Crippen LogP) is 1.24. The van der Waals surface area contributed by atoms with Crippen LogP contribution in [0.5, 0.6) is 0 Å². The van der Waals surface area contributed by atoms with E-state index in [0.717, 1.165) is 11.3 Å². The minimum atomic E-state index is 0.00486. The highest BCUT2D eigenvalue weighted by molar-refractivity contribution is 5.78. The number of ether oxygens (including phenoxy) is 1. The number of benzene rings is 1. The molecule has 0 saturated carbocycles. The van der Waals surface area contributed by atoms with Crippen molar-refractivity contribution < 1.29 is 9.53 Å². The van der Waals surface area contributed by atoms with E-state index < -0.39 is 0 Å². The topological polar surface area (TPSA) is 67.6 Å². The average Bonchev–Trinajstić information content (AvgIpc) is 2.40. The van der Waals surface area contributed by atoms with Crippen LogP contribution in [0.3, 0.4) is 0 Å². The van der Waals surface area contributed by atoms with Crippen molar-refractivity contribution >= 4 is 11.6 Å². The van der Waals surface area contributed by atoms with Crippen LogP contribution in [-0.4, -0.2) is 43.7 Å². The Morgan fingerprint density at radius 3 is 2.70 bits per heavy atom. The first-order valence-corrected chi connectivity index (χ1v) is 6.87. The Labute approximate surface area is 121 Å². The molecule has 1 amide bonds. The molecule has 1 aromatic rings. The van der Waals surface area contributed by atoms with Crippen LogP contribution in [0, 0.1) is 0 Å². The van der Waals surface area contributed by atoms with Crippen LogP contribution in [-0.2, 0) is 16.1 Å². The maximum atomic E-state index is 11.9. The molecule has 3 N–H and O–H groups in total. The van der Waals surface area contributed by atoms with Crippen molar-refractivity contribution in [3.05, 3.63) is 29.8 Å². The van der Waals surface area contributed by atoms with Gasteiger partial charge in [0.2, 0.25) is 5.91 Å². The van der Waals surface area contributed by atoms with Crippen LogP contribution < -0.4 is 11.1 Å². The van der Waals surface area contributed by atoms with Gasteiger partial charge in [-0.3, -0.25) is 9.69 Å². The molecule has 20 heavy (non-hydrogen) atoms. The van der Waals surface area contributed by atoms with E-state index >= 15 is 0 Å². The van der Waals surface area contributed by atoms with Crippen molar-refractivity contribution in [1.29, 1.82) is 0 Å². The molecule has 0 bridgehead atoms. The van der Waals surface area contributed by atoms with Crippen molar-refractivity contribution in [3.8, 4) is 0 Å². The van der Waals surface area contributed by atoms with Crippen LogP contribution in [0.4, 0.5) is 5.69 Å². The van der Waals surface area contributed by atoms with Crippen LogP contribution in [0.25, 0.3) is 0 Å². The number of amides is 1. The number of carbonyl (C=O) groups excluding carboxylic acids is 1. The molecule has 5 nitrogen and oxygen atoms in total. The molecular formula is C15H25N3O2. The Balaban J connectivity index is 2.57. The van der Waals surface area contributed by atoms with Gasteiger partial charge in [0.1, 0.15) is 0 Å². The highest BCUT2D eigenvalue weighted by atomic mass is 16.5. The van der Waals surface area contributed by atoms with Crippen LogP contribution in [0.2, 0.25) is 0 Å². The molecule has 0 aliphatic heterocycles. The lowest BCUT2D eigenvalue weighted by molar-refractivity contribution is -0.123. The lowest BCUT2D eigenvalue weighted by Gasteiger charge is -2.26. The smallest absolute Gasteiger partial charge is 0.234 e. The summed E-state index contributed by atoms with van der Waals surface area (Å²) in [6.07, 6.45) is 0. The zero-order valence-corrected chi connectivity index (χ0v) is 12.6. The van der Waals surface area contributed by atoms with Gasteiger partial charge in [-0.25, -0.2) is 0 Å². The monoisotopic (exact) mass is 279 g/mol. The minimum Gasteiger partial charge on any atom is -0.398 e. The molecule has 5 heteroatoms. The summed E-state index contributed by atoms with van der Waals surface area (Å²) in [5.74, 6) is 0.00486. The summed E-state index contributed by atoms with van der Waals surface area (Å²) >= 11 is 0. The molecule has 0 heterocycles. The minimum absolute atomic E-state index is 0.00486. The SMILES string of the molecule is COCCNC(=O)CN(Cc1ccccc1N)C(C)C. The molecule has 1 rings (SSSR count). The summed E-state index contributed by atoms with van der Waals surface area (Å²) < 4.78 is 4.91. The Hall–Kier alpha value is -1.59. The van der Waals surface area contributed by atoms with Gasteiger partial charge in [-0.05, 0) is 25.5 Å². The van der Waals surface area contributed by atoms with Gasteiger partial charge in [-0.15, -0.1) is 0 Å². The molecule has 0 aromatic heterocycles. The largest absolute Gasteiger partial charge is 0.398 e. The van der Waals surface area contributed by atoms with E-state index in [2.05, 4.69) is 24.1 Å². The van der Waals surface area contributed by atoms with E-state index in [1.807, 2.05) is 24.3 Å². The summed E-state index contributed by atoms with van der Waals surface area (Å²) in [6, 6.07) is 8.02. The molecule has 0 atom stereocenters. The first-order chi connectivity index (χ1) is 9.54. The summed E-state index contributed by atoms with van der Waals surface area (Å²) in [7, 11) is 1.62. The van der Waals surface area contributed by atoms with E-state index in [1.165, 1.54) is 0 Å². The van der Waals surface area contributed by atoms with E-state index in [4.69, 9.17) is 10.5 Å². The molecule has 0 radical (unpaired) electrons. The number of hydrogen-bond donors (Lipinski definition) is 2. The highest BCUT2D eigenvalue weighted by Crippen LogP contribution is 2.14. The molecule has 0 aliphatic rings. The third kappa shape index (κ3) is 5.59. The van der Waals surface area contributed by atoms with Gasteiger partial charge >= 0.3 is 0 Å². The van der Waals surface area contributed by atoms with E-state index in [1.54, 1.807) is 7.11 Å². The van der Waals surface area contributed by atoms with E-state index in [-0.39, 0.29) is 11.9 Å². The second-order valence-electron chi connectivity index (χ2n) is 5.04. The summed E-state index contributed by atoms with van der Waals surface area (Å²) in [5.41, 5.74) is 7.76. The predicted molar refractivity (Wildman–Crippen MR) is 81.3 cm³/mol. The standard InChI is InChI=1S/C15H25N3O2/c1-12(2)18(11-15(19)17-8-9-20-3)10-13-6-4-5-7-14(13)16/h4-7,12H,8-11,16H2,1-3H3,(H,17,19). The number of nitrogen functional groups attached to an aromatic ring is 1. The fourth-order valence-corrected chi connectivity index (χ4v) is 1.85. The fourth-order valence-electron chi connectivity index (χ4n) is 1.85. The van der Waals surface area contributed by atoms with Gasteiger partial charge in [-0.1, -0.05) is 18.2 Å². The fraction of sp³-hybridized carbons (Fsp3) is 0.533. The van der Waals surface area contributed by atoms with Gasteiger partial charge in [0.05, 0.1) is 13.2 Å². The lowest BCUT2D eigenvalue weighted by atomic mass is 10.1. The lowest BCUT2D eigenvalue weighted by Crippen LogP contribution is -2.41. The average molecular weight is 279 g/mol.